The summed E-state index contributed by atoms with van der Waals surface area (Å²) in [6.07, 6.45) is 4.06. The van der Waals surface area contributed by atoms with Gasteiger partial charge in [0.1, 0.15) is 0 Å². The van der Waals surface area contributed by atoms with Gasteiger partial charge in [0.25, 0.3) is 0 Å². The summed E-state index contributed by atoms with van der Waals surface area (Å²) >= 11 is 6.87. The van der Waals surface area contributed by atoms with Crippen LogP contribution >= 0.6 is 31.9 Å². The summed E-state index contributed by atoms with van der Waals surface area (Å²) in [5.74, 6) is -0.146. The molecule has 6 heteroatoms. The lowest BCUT2D eigenvalue weighted by molar-refractivity contribution is -0.120. The molecule has 0 bridgehead atoms. The average molecular weight is 525 g/mol. The Hall–Kier alpha value is -2.70. The molecule has 4 nitrogen and oxygen atoms in total. The van der Waals surface area contributed by atoms with Crippen molar-refractivity contribution >= 4 is 54.9 Å². The number of hydrazone groups is 1. The quantitative estimate of drug-likeness (QED) is 0.247. The molecule has 0 unspecified atom stereocenters. The first-order valence-electron chi connectivity index (χ1n) is 9.47. The normalized spacial score (nSPS) is 11.3. The van der Waals surface area contributed by atoms with Crippen LogP contribution in [-0.2, 0) is 17.8 Å². The number of amides is 1. The van der Waals surface area contributed by atoms with E-state index < -0.39 is 0 Å². The lowest BCUT2D eigenvalue weighted by Crippen LogP contribution is -2.19. The van der Waals surface area contributed by atoms with Gasteiger partial charge >= 0.3 is 0 Å². The third-order valence-corrected chi connectivity index (χ3v) is 5.81. The van der Waals surface area contributed by atoms with Crippen molar-refractivity contribution in [3.8, 4) is 0 Å². The molecular weight excluding hydrogens is 506 g/mol. The first kappa shape index (κ1) is 20.6. The van der Waals surface area contributed by atoms with Crippen LogP contribution in [0.25, 0.3) is 10.9 Å². The van der Waals surface area contributed by atoms with Crippen LogP contribution in [0.1, 0.15) is 16.7 Å². The van der Waals surface area contributed by atoms with Gasteiger partial charge in [0.2, 0.25) is 5.91 Å². The Morgan fingerprint density at radius 3 is 2.23 bits per heavy atom. The first-order chi connectivity index (χ1) is 14.6. The maximum absolute atomic E-state index is 12.2. The van der Waals surface area contributed by atoms with Gasteiger partial charge < -0.3 is 4.57 Å². The summed E-state index contributed by atoms with van der Waals surface area (Å²) in [5, 5.41) is 5.28. The number of halogens is 2. The second kappa shape index (κ2) is 9.41. The van der Waals surface area contributed by atoms with Crippen LogP contribution in [0.5, 0.6) is 0 Å². The molecule has 0 aliphatic heterocycles. The largest absolute Gasteiger partial charge is 0.342 e. The summed E-state index contributed by atoms with van der Waals surface area (Å²) in [6.45, 7) is 0.761. The Morgan fingerprint density at radius 2 is 1.53 bits per heavy atom. The molecular formula is C24H19Br2N3O. The molecule has 0 spiro atoms. The van der Waals surface area contributed by atoms with Crippen molar-refractivity contribution in [2.45, 2.75) is 13.0 Å². The van der Waals surface area contributed by atoms with Crippen LogP contribution in [0, 0.1) is 0 Å². The number of para-hydroxylation sites is 1. The number of benzene rings is 3. The molecule has 1 N–H and O–H groups in total. The van der Waals surface area contributed by atoms with Crippen molar-refractivity contribution in [1.29, 1.82) is 0 Å². The number of rotatable bonds is 6. The van der Waals surface area contributed by atoms with Gasteiger partial charge in [-0.25, -0.2) is 5.43 Å². The molecule has 1 amide bonds. The van der Waals surface area contributed by atoms with E-state index >= 15 is 0 Å². The highest BCUT2D eigenvalue weighted by Crippen LogP contribution is 2.22. The lowest BCUT2D eigenvalue weighted by atomic mass is 10.1. The summed E-state index contributed by atoms with van der Waals surface area (Å²) in [5.41, 5.74) is 6.88. The molecule has 0 fully saturated rings. The van der Waals surface area contributed by atoms with Crippen LogP contribution in [0.15, 0.2) is 93.0 Å². The lowest BCUT2D eigenvalue weighted by Gasteiger charge is -2.05. The van der Waals surface area contributed by atoms with Crippen LogP contribution in [0.3, 0.4) is 0 Å². The van der Waals surface area contributed by atoms with Crippen molar-refractivity contribution in [3.05, 3.63) is 105 Å². The van der Waals surface area contributed by atoms with E-state index in [1.807, 2.05) is 48.5 Å². The third kappa shape index (κ3) is 5.07. The zero-order valence-electron chi connectivity index (χ0n) is 16.1. The molecule has 150 valence electrons. The minimum Gasteiger partial charge on any atom is -0.342 e. The van der Waals surface area contributed by atoms with E-state index in [0.29, 0.717) is 0 Å². The second-order valence-electron chi connectivity index (χ2n) is 6.95. The summed E-state index contributed by atoms with van der Waals surface area (Å²) in [6, 6.07) is 24.2. The smallest absolute Gasteiger partial charge is 0.244 e. The molecule has 4 rings (SSSR count). The maximum atomic E-state index is 12.2. The Bertz CT molecular complexity index is 1200. The van der Waals surface area contributed by atoms with E-state index in [1.165, 1.54) is 5.56 Å². The molecule has 1 heterocycles. The Kier molecular flexibility index (Phi) is 6.45. The topological polar surface area (TPSA) is 46.4 Å². The number of aromatic nitrogens is 1. The third-order valence-electron chi connectivity index (χ3n) is 4.76. The van der Waals surface area contributed by atoms with Gasteiger partial charge in [-0.2, -0.15) is 5.10 Å². The summed E-state index contributed by atoms with van der Waals surface area (Å²) < 4.78 is 4.25. The Labute approximate surface area is 191 Å². The predicted octanol–water partition coefficient (Wildman–Crippen LogP) is 5.91. The number of hydrogen-bond donors (Lipinski definition) is 1. The predicted molar refractivity (Wildman–Crippen MR) is 129 cm³/mol. The molecule has 0 saturated heterocycles. The van der Waals surface area contributed by atoms with E-state index in [-0.39, 0.29) is 12.3 Å². The van der Waals surface area contributed by atoms with Crippen molar-refractivity contribution in [2.75, 3.05) is 0 Å². The number of hydrogen-bond acceptors (Lipinski definition) is 2. The Morgan fingerprint density at radius 1 is 0.900 bits per heavy atom. The van der Waals surface area contributed by atoms with E-state index in [2.05, 4.69) is 77.4 Å². The fourth-order valence-corrected chi connectivity index (χ4v) is 3.83. The van der Waals surface area contributed by atoms with E-state index in [4.69, 9.17) is 0 Å². The van der Waals surface area contributed by atoms with Gasteiger partial charge in [0.15, 0.2) is 0 Å². The number of nitrogens with zero attached hydrogens (tertiary/aromatic N) is 2. The maximum Gasteiger partial charge on any atom is 0.244 e. The van der Waals surface area contributed by atoms with Gasteiger partial charge in [-0.3, -0.25) is 4.79 Å². The molecule has 0 atom stereocenters. The highest BCUT2D eigenvalue weighted by molar-refractivity contribution is 9.10. The first-order valence-corrected chi connectivity index (χ1v) is 11.1. The van der Waals surface area contributed by atoms with Crippen molar-refractivity contribution in [3.63, 3.8) is 0 Å². The van der Waals surface area contributed by atoms with Crippen molar-refractivity contribution in [2.24, 2.45) is 5.10 Å². The van der Waals surface area contributed by atoms with Gasteiger partial charge in [-0.1, -0.05) is 74.3 Å². The SMILES string of the molecule is O=C(Cc1ccc(Br)cc1)N/N=C/c1cn(Cc2ccc(Br)cc2)c2ccccc12. The van der Waals surface area contributed by atoms with Gasteiger partial charge in [0, 0.05) is 38.2 Å². The molecule has 3 aromatic carbocycles. The zero-order chi connectivity index (χ0) is 20.9. The molecule has 0 saturated carbocycles. The van der Waals surface area contributed by atoms with Crippen LogP contribution in [0.2, 0.25) is 0 Å². The fourth-order valence-electron chi connectivity index (χ4n) is 3.30. The molecule has 0 radical (unpaired) electrons. The summed E-state index contributed by atoms with van der Waals surface area (Å²) in [7, 11) is 0. The Balaban J connectivity index is 1.49. The van der Waals surface area contributed by atoms with Gasteiger partial charge in [0.05, 0.1) is 12.6 Å². The van der Waals surface area contributed by atoms with Crippen LogP contribution < -0.4 is 5.43 Å². The minimum absolute atomic E-state index is 0.146. The highest BCUT2D eigenvalue weighted by atomic mass is 79.9. The summed E-state index contributed by atoms with van der Waals surface area (Å²) in [4.78, 5) is 12.2. The molecule has 0 aliphatic rings. The molecule has 30 heavy (non-hydrogen) atoms. The number of fused-ring (bicyclic) bond motifs is 1. The van der Waals surface area contributed by atoms with E-state index in [0.717, 1.165) is 37.5 Å². The van der Waals surface area contributed by atoms with Crippen molar-refractivity contribution < 1.29 is 4.79 Å². The molecule has 0 aliphatic carbocycles. The molecule has 1 aromatic heterocycles. The fraction of sp³-hybridized carbons (Fsp3) is 0.0833. The van der Waals surface area contributed by atoms with Gasteiger partial charge in [-0.05, 0) is 41.5 Å². The molecule has 4 aromatic rings. The van der Waals surface area contributed by atoms with Crippen LogP contribution in [0.4, 0.5) is 0 Å². The standard InChI is InChI=1S/C24H19Br2N3O/c25-20-9-5-17(6-10-20)13-24(30)28-27-14-19-16-29(23-4-2-1-3-22(19)23)15-18-7-11-21(26)12-8-18/h1-12,14,16H,13,15H2,(H,28,30)/b27-14+. The van der Waals surface area contributed by atoms with E-state index in [9.17, 15) is 4.79 Å². The number of nitrogens with one attached hydrogen (secondary N) is 1. The minimum atomic E-state index is -0.146. The van der Waals surface area contributed by atoms with Crippen LogP contribution in [-0.4, -0.2) is 16.7 Å². The monoisotopic (exact) mass is 523 g/mol. The number of carbonyl (C=O) groups excluding carboxylic acids is 1. The zero-order valence-corrected chi connectivity index (χ0v) is 19.2. The second-order valence-corrected chi connectivity index (χ2v) is 8.78. The van der Waals surface area contributed by atoms with Gasteiger partial charge in [-0.15, -0.1) is 0 Å². The average Bonchev–Trinajstić information content (AvgIpc) is 3.09. The van der Waals surface area contributed by atoms with E-state index in [1.54, 1.807) is 6.21 Å². The van der Waals surface area contributed by atoms with Crippen molar-refractivity contribution in [1.82, 2.24) is 9.99 Å². The number of carbonyl (C=O) groups is 1. The highest BCUT2D eigenvalue weighted by Gasteiger charge is 2.08.